The van der Waals surface area contributed by atoms with Gasteiger partial charge in [-0.2, -0.15) is 10.2 Å². The van der Waals surface area contributed by atoms with Gasteiger partial charge >= 0.3 is 5.69 Å². The molecule has 3 aromatic heterocycles. The molecule has 1 atom stereocenters. The van der Waals surface area contributed by atoms with Crippen LogP contribution in [0, 0.1) is 17.0 Å². The molecule has 0 saturated heterocycles. The molecule has 4 rings (SSSR count). The normalized spacial score (nSPS) is 12.1. The van der Waals surface area contributed by atoms with Gasteiger partial charge in [0, 0.05) is 17.3 Å². The third-order valence-corrected chi connectivity index (χ3v) is 5.83. The molecule has 0 aliphatic rings. The minimum atomic E-state index is -0.447. The second-order valence-corrected chi connectivity index (χ2v) is 7.99. The molecule has 12 heteroatoms. The standard InChI is InChI=1S/C18H17ClN8O2S/c1-11-15(27(28)29)10-26(23-11)12(2)17-21-22-18(30-17)20-16-7-8-25(24-16)9-13-5-3-4-6-14(13)19/h3-8,10,12H,9H2,1-2H3,(H,20,22,24)/t12-/m1/s1. The van der Waals surface area contributed by atoms with E-state index in [4.69, 9.17) is 11.6 Å². The maximum absolute atomic E-state index is 11.0. The van der Waals surface area contributed by atoms with Gasteiger partial charge in [-0.1, -0.05) is 41.1 Å². The van der Waals surface area contributed by atoms with Gasteiger partial charge < -0.3 is 5.32 Å². The lowest BCUT2D eigenvalue weighted by molar-refractivity contribution is -0.385. The van der Waals surface area contributed by atoms with Gasteiger partial charge in [0.25, 0.3) is 0 Å². The lowest BCUT2D eigenvalue weighted by Crippen LogP contribution is -2.07. The quantitative estimate of drug-likeness (QED) is 0.335. The molecule has 0 unspecified atom stereocenters. The SMILES string of the molecule is Cc1nn([C@H](C)c2nnc(Nc3ccn(Cc4ccccc4Cl)n3)s2)cc1[N+](=O)[O-]. The molecular formula is C18H17ClN8O2S. The zero-order chi connectivity index (χ0) is 21.3. The third kappa shape index (κ3) is 4.16. The highest BCUT2D eigenvalue weighted by Gasteiger charge is 2.21. The number of benzene rings is 1. The van der Waals surface area contributed by atoms with E-state index in [1.807, 2.05) is 43.5 Å². The zero-order valence-corrected chi connectivity index (χ0v) is 17.6. The van der Waals surface area contributed by atoms with Gasteiger partial charge in [0.1, 0.15) is 22.9 Å². The molecule has 154 valence electrons. The lowest BCUT2D eigenvalue weighted by atomic mass is 10.2. The van der Waals surface area contributed by atoms with Crippen LogP contribution in [0.25, 0.3) is 0 Å². The van der Waals surface area contributed by atoms with Crippen LogP contribution in [0.1, 0.15) is 29.2 Å². The second kappa shape index (κ2) is 8.20. The first kappa shape index (κ1) is 20.0. The van der Waals surface area contributed by atoms with E-state index >= 15 is 0 Å². The number of halogens is 1. The van der Waals surface area contributed by atoms with E-state index < -0.39 is 4.92 Å². The highest BCUT2D eigenvalue weighted by Crippen LogP contribution is 2.28. The van der Waals surface area contributed by atoms with Gasteiger partial charge in [0.05, 0.1) is 11.5 Å². The molecule has 4 aromatic rings. The highest BCUT2D eigenvalue weighted by atomic mass is 35.5. The van der Waals surface area contributed by atoms with Crippen molar-refractivity contribution >= 4 is 39.6 Å². The van der Waals surface area contributed by atoms with Crippen molar-refractivity contribution in [2.24, 2.45) is 0 Å². The lowest BCUT2D eigenvalue weighted by Gasteiger charge is -2.06. The summed E-state index contributed by atoms with van der Waals surface area (Å²) >= 11 is 7.54. The van der Waals surface area contributed by atoms with Gasteiger partial charge in [0.2, 0.25) is 5.13 Å². The fourth-order valence-electron chi connectivity index (χ4n) is 2.84. The predicted molar refractivity (Wildman–Crippen MR) is 113 cm³/mol. The summed E-state index contributed by atoms with van der Waals surface area (Å²) < 4.78 is 3.30. The van der Waals surface area contributed by atoms with Crippen molar-refractivity contribution < 1.29 is 4.92 Å². The van der Waals surface area contributed by atoms with Crippen LogP contribution >= 0.6 is 22.9 Å². The molecule has 1 N–H and O–H groups in total. The Morgan fingerprint density at radius 2 is 2.07 bits per heavy atom. The highest BCUT2D eigenvalue weighted by molar-refractivity contribution is 7.15. The van der Waals surface area contributed by atoms with Crippen molar-refractivity contribution in [2.75, 3.05) is 5.32 Å². The van der Waals surface area contributed by atoms with E-state index in [2.05, 4.69) is 25.7 Å². The van der Waals surface area contributed by atoms with Gasteiger partial charge in [-0.05, 0) is 25.5 Å². The molecule has 0 spiro atoms. The van der Waals surface area contributed by atoms with E-state index in [1.165, 1.54) is 22.2 Å². The third-order valence-electron chi connectivity index (χ3n) is 4.45. The number of hydrogen-bond acceptors (Lipinski definition) is 8. The number of nitro groups is 1. The number of nitrogens with one attached hydrogen (secondary N) is 1. The number of aryl methyl sites for hydroxylation is 1. The molecule has 1 aromatic carbocycles. The Hall–Kier alpha value is -3.31. The zero-order valence-electron chi connectivity index (χ0n) is 16.1. The second-order valence-electron chi connectivity index (χ2n) is 6.57. The molecule has 10 nitrogen and oxygen atoms in total. The van der Waals surface area contributed by atoms with Crippen LogP contribution in [0.3, 0.4) is 0 Å². The smallest absolute Gasteiger partial charge is 0.309 e. The van der Waals surface area contributed by atoms with E-state index in [0.717, 1.165) is 5.56 Å². The number of anilines is 2. The summed E-state index contributed by atoms with van der Waals surface area (Å²) in [7, 11) is 0. The summed E-state index contributed by atoms with van der Waals surface area (Å²) in [5.74, 6) is 0.628. The first-order chi connectivity index (χ1) is 14.4. The van der Waals surface area contributed by atoms with E-state index in [-0.39, 0.29) is 11.7 Å². The first-order valence-electron chi connectivity index (χ1n) is 8.98. The Morgan fingerprint density at radius 3 is 2.80 bits per heavy atom. The maximum Gasteiger partial charge on any atom is 0.309 e. The van der Waals surface area contributed by atoms with Gasteiger partial charge in [-0.3, -0.25) is 19.5 Å². The Bertz CT molecular complexity index is 1200. The molecule has 0 bridgehead atoms. The molecule has 0 aliphatic heterocycles. The predicted octanol–water partition coefficient (Wildman–Crippen LogP) is 4.20. The summed E-state index contributed by atoms with van der Waals surface area (Å²) in [4.78, 5) is 10.6. The summed E-state index contributed by atoms with van der Waals surface area (Å²) in [6, 6.07) is 9.17. The van der Waals surface area contributed by atoms with Crippen LogP contribution in [0.5, 0.6) is 0 Å². The minimum Gasteiger partial charge on any atom is -0.313 e. The molecule has 3 heterocycles. The number of hydrogen-bond donors (Lipinski definition) is 1. The Balaban J connectivity index is 1.45. The molecular weight excluding hydrogens is 428 g/mol. The van der Waals surface area contributed by atoms with Crippen molar-refractivity contribution in [3.8, 4) is 0 Å². The van der Waals surface area contributed by atoms with Crippen LogP contribution in [0.4, 0.5) is 16.6 Å². The van der Waals surface area contributed by atoms with Crippen LogP contribution in [-0.4, -0.2) is 34.7 Å². The molecule has 0 fully saturated rings. The molecule has 30 heavy (non-hydrogen) atoms. The number of nitrogens with zero attached hydrogens (tertiary/aromatic N) is 7. The molecule has 0 amide bonds. The molecule has 0 radical (unpaired) electrons. The first-order valence-corrected chi connectivity index (χ1v) is 10.2. The van der Waals surface area contributed by atoms with Gasteiger partial charge in [-0.25, -0.2) is 0 Å². The summed E-state index contributed by atoms with van der Waals surface area (Å²) in [5.41, 5.74) is 1.32. The number of rotatable bonds is 7. The largest absolute Gasteiger partial charge is 0.313 e. The summed E-state index contributed by atoms with van der Waals surface area (Å²) in [6.07, 6.45) is 3.26. The van der Waals surface area contributed by atoms with Crippen molar-refractivity contribution in [1.29, 1.82) is 0 Å². The van der Waals surface area contributed by atoms with E-state index in [1.54, 1.807) is 11.6 Å². The Kier molecular flexibility index (Phi) is 5.46. The van der Waals surface area contributed by atoms with Crippen LogP contribution in [-0.2, 0) is 6.54 Å². The van der Waals surface area contributed by atoms with Crippen molar-refractivity contribution in [3.63, 3.8) is 0 Å². The fourth-order valence-corrected chi connectivity index (χ4v) is 3.83. The van der Waals surface area contributed by atoms with Gasteiger partial charge in [-0.15, -0.1) is 10.2 Å². The minimum absolute atomic E-state index is 0.0197. The van der Waals surface area contributed by atoms with Crippen molar-refractivity contribution in [3.05, 3.63) is 74.1 Å². The maximum atomic E-state index is 11.0. The Morgan fingerprint density at radius 1 is 1.27 bits per heavy atom. The van der Waals surface area contributed by atoms with Crippen LogP contribution in [0.2, 0.25) is 5.02 Å². The summed E-state index contributed by atoms with van der Waals surface area (Å²) in [6.45, 7) is 4.02. The van der Waals surface area contributed by atoms with Crippen LogP contribution < -0.4 is 5.32 Å². The van der Waals surface area contributed by atoms with E-state index in [9.17, 15) is 10.1 Å². The Labute approximate surface area is 180 Å². The monoisotopic (exact) mass is 444 g/mol. The van der Waals surface area contributed by atoms with Crippen LogP contribution in [0.15, 0.2) is 42.7 Å². The fraction of sp³-hybridized carbons (Fsp3) is 0.222. The van der Waals surface area contributed by atoms with Crippen molar-refractivity contribution in [2.45, 2.75) is 26.4 Å². The summed E-state index contributed by atoms with van der Waals surface area (Å²) in [5, 5.41) is 33.1. The van der Waals surface area contributed by atoms with Gasteiger partial charge in [0.15, 0.2) is 5.82 Å². The average Bonchev–Trinajstić information content (AvgIpc) is 3.44. The number of aromatic nitrogens is 6. The average molecular weight is 445 g/mol. The van der Waals surface area contributed by atoms with E-state index in [0.29, 0.717) is 33.2 Å². The van der Waals surface area contributed by atoms with Crippen molar-refractivity contribution in [1.82, 2.24) is 29.8 Å². The molecule has 0 aliphatic carbocycles. The topological polar surface area (TPSA) is 117 Å². The molecule has 0 saturated carbocycles.